The summed E-state index contributed by atoms with van der Waals surface area (Å²) < 4.78 is 4.99. The molecule has 0 unspecified atom stereocenters. The molecule has 1 aromatic rings. The zero-order valence-corrected chi connectivity index (χ0v) is 10.8. The first-order valence-electron chi connectivity index (χ1n) is 5.91. The van der Waals surface area contributed by atoms with E-state index in [0.717, 1.165) is 5.56 Å². The Balaban J connectivity index is 2.77. The van der Waals surface area contributed by atoms with E-state index in [1.807, 2.05) is 25.1 Å². The van der Waals surface area contributed by atoms with E-state index in [9.17, 15) is 4.79 Å². The van der Waals surface area contributed by atoms with Gasteiger partial charge in [0.15, 0.2) is 0 Å². The summed E-state index contributed by atoms with van der Waals surface area (Å²) in [6.07, 6.45) is 0.335. The van der Waals surface area contributed by atoms with Crippen molar-refractivity contribution in [2.24, 2.45) is 0 Å². The summed E-state index contributed by atoms with van der Waals surface area (Å²) in [5.74, 6) is -0.0500. The molecule has 0 N–H and O–H groups in total. The molecule has 4 nitrogen and oxygen atoms in total. The van der Waals surface area contributed by atoms with Crippen molar-refractivity contribution in [1.29, 1.82) is 5.26 Å². The molecular formula is C14H18N2O2. The van der Waals surface area contributed by atoms with Gasteiger partial charge in [-0.15, -0.1) is 0 Å². The molecule has 0 saturated carbocycles. The number of carbonyl (C=O) groups is 1. The summed E-state index contributed by atoms with van der Waals surface area (Å²) in [6, 6.07) is 9.52. The fourth-order valence-electron chi connectivity index (χ4n) is 1.66. The van der Waals surface area contributed by atoms with Crippen LogP contribution in [0.1, 0.15) is 22.3 Å². The number of carbonyl (C=O) groups excluding carboxylic acids is 1. The number of amides is 1. The molecule has 96 valence electrons. The highest BCUT2D eigenvalue weighted by atomic mass is 16.5. The van der Waals surface area contributed by atoms with Crippen LogP contribution in [-0.2, 0) is 4.74 Å². The first kappa shape index (κ1) is 14.2. The van der Waals surface area contributed by atoms with Gasteiger partial charge in [0.25, 0.3) is 5.91 Å². The number of hydrogen-bond acceptors (Lipinski definition) is 3. The van der Waals surface area contributed by atoms with Gasteiger partial charge in [0, 0.05) is 25.8 Å². The molecule has 0 aromatic heterocycles. The Hall–Kier alpha value is -1.86. The number of hydrogen-bond donors (Lipinski definition) is 0. The van der Waals surface area contributed by atoms with Crippen LogP contribution in [0.4, 0.5) is 0 Å². The molecule has 0 aliphatic carbocycles. The quantitative estimate of drug-likeness (QED) is 0.771. The van der Waals surface area contributed by atoms with Crippen molar-refractivity contribution in [3.05, 3.63) is 35.4 Å². The second-order valence-corrected chi connectivity index (χ2v) is 4.06. The molecule has 0 saturated heterocycles. The van der Waals surface area contributed by atoms with Crippen molar-refractivity contribution >= 4 is 5.91 Å². The van der Waals surface area contributed by atoms with Crippen LogP contribution in [0.3, 0.4) is 0 Å². The number of nitriles is 1. The van der Waals surface area contributed by atoms with Crippen molar-refractivity contribution in [1.82, 2.24) is 4.90 Å². The molecule has 0 atom stereocenters. The topological polar surface area (TPSA) is 53.3 Å². The Bertz CT molecular complexity index is 438. The maximum Gasteiger partial charge on any atom is 0.253 e. The van der Waals surface area contributed by atoms with Gasteiger partial charge in [0.2, 0.25) is 0 Å². The number of aryl methyl sites for hydroxylation is 1. The van der Waals surface area contributed by atoms with Gasteiger partial charge in [-0.2, -0.15) is 5.26 Å². The number of nitrogens with zero attached hydrogens (tertiary/aromatic N) is 2. The van der Waals surface area contributed by atoms with E-state index in [1.165, 1.54) is 0 Å². The van der Waals surface area contributed by atoms with E-state index < -0.39 is 0 Å². The van der Waals surface area contributed by atoms with Crippen LogP contribution < -0.4 is 0 Å². The number of rotatable bonds is 6. The van der Waals surface area contributed by atoms with Gasteiger partial charge >= 0.3 is 0 Å². The zero-order chi connectivity index (χ0) is 13.4. The fraction of sp³-hybridized carbons (Fsp3) is 0.429. The molecule has 4 heteroatoms. The van der Waals surface area contributed by atoms with E-state index >= 15 is 0 Å². The van der Waals surface area contributed by atoms with Gasteiger partial charge in [-0.25, -0.2) is 0 Å². The predicted molar refractivity (Wildman–Crippen MR) is 69.2 cm³/mol. The molecule has 1 amide bonds. The van der Waals surface area contributed by atoms with E-state index in [4.69, 9.17) is 10.00 Å². The summed E-state index contributed by atoms with van der Waals surface area (Å²) in [5.41, 5.74) is 1.71. The third-order valence-corrected chi connectivity index (χ3v) is 2.61. The Morgan fingerprint density at radius 1 is 1.44 bits per heavy atom. The summed E-state index contributed by atoms with van der Waals surface area (Å²) >= 11 is 0. The van der Waals surface area contributed by atoms with Crippen LogP contribution in [-0.4, -0.2) is 37.6 Å². The minimum absolute atomic E-state index is 0.0500. The van der Waals surface area contributed by atoms with Gasteiger partial charge < -0.3 is 9.64 Å². The summed E-state index contributed by atoms with van der Waals surface area (Å²) in [4.78, 5) is 13.9. The van der Waals surface area contributed by atoms with E-state index in [-0.39, 0.29) is 5.91 Å². The average Bonchev–Trinajstić information content (AvgIpc) is 2.38. The smallest absolute Gasteiger partial charge is 0.253 e. The normalized spacial score (nSPS) is 9.83. The van der Waals surface area contributed by atoms with Crippen molar-refractivity contribution < 1.29 is 9.53 Å². The second-order valence-electron chi connectivity index (χ2n) is 4.06. The monoisotopic (exact) mass is 246 g/mol. The number of benzene rings is 1. The van der Waals surface area contributed by atoms with Crippen LogP contribution in [0, 0.1) is 18.3 Å². The molecule has 1 aromatic carbocycles. The molecule has 0 radical (unpaired) electrons. The molecular weight excluding hydrogens is 228 g/mol. The molecule has 0 aliphatic rings. The molecule has 0 aliphatic heterocycles. The Labute approximate surface area is 108 Å². The minimum atomic E-state index is -0.0500. The van der Waals surface area contributed by atoms with Gasteiger partial charge in [-0.1, -0.05) is 17.7 Å². The lowest BCUT2D eigenvalue weighted by molar-refractivity contribution is 0.0700. The molecule has 18 heavy (non-hydrogen) atoms. The highest BCUT2D eigenvalue weighted by molar-refractivity contribution is 5.94. The lowest BCUT2D eigenvalue weighted by Crippen LogP contribution is -2.34. The first-order valence-corrected chi connectivity index (χ1v) is 5.91. The van der Waals surface area contributed by atoms with Crippen molar-refractivity contribution in [2.45, 2.75) is 13.3 Å². The standard InChI is InChI=1S/C14H18N2O2/c1-12-5-3-6-13(11-12)14(17)16(8-4-7-15)9-10-18-2/h3,5-6,11H,4,8-10H2,1-2H3. The van der Waals surface area contributed by atoms with Gasteiger partial charge in [-0.05, 0) is 19.1 Å². The Morgan fingerprint density at radius 2 is 2.22 bits per heavy atom. The van der Waals surface area contributed by atoms with Crippen molar-refractivity contribution in [2.75, 3.05) is 26.8 Å². The third kappa shape index (κ3) is 4.19. The maximum atomic E-state index is 12.3. The van der Waals surface area contributed by atoms with Crippen LogP contribution in [0.25, 0.3) is 0 Å². The highest BCUT2D eigenvalue weighted by Gasteiger charge is 2.14. The molecule has 1 rings (SSSR count). The van der Waals surface area contributed by atoms with Gasteiger partial charge in [0.05, 0.1) is 19.1 Å². The SMILES string of the molecule is COCCN(CCC#N)C(=O)c1cccc(C)c1. The minimum Gasteiger partial charge on any atom is -0.383 e. The summed E-state index contributed by atoms with van der Waals surface area (Å²) in [7, 11) is 1.60. The molecule has 0 fully saturated rings. The zero-order valence-electron chi connectivity index (χ0n) is 10.8. The first-order chi connectivity index (χ1) is 8.69. The number of ether oxygens (including phenoxy) is 1. The van der Waals surface area contributed by atoms with Crippen molar-refractivity contribution in [3.63, 3.8) is 0 Å². The van der Waals surface area contributed by atoms with Crippen LogP contribution in [0.5, 0.6) is 0 Å². The molecule has 0 spiro atoms. The fourth-order valence-corrected chi connectivity index (χ4v) is 1.66. The third-order valence-electron chi connectivity index (χ3n) is 2.61. The Kier molecular flexibility index (Phi) is 5.89. The van der Waals surface area contributed by atoms with Gasteiger partial charge in [0.1, 0.15) is 0 Å². The average molecular weight is 246 g/mol. The van der Waals surface area contributed by atoms with E-state index in [1.54, 1.807) is 18.1 Å². The number of methoxy groups -OCH3 is 1. The largest absolute Gasteiger partial charge is 0.383 e. The lowest BCUT2D eigenvalue weighted by atomic mass is 10.1. The predicted octanol–water partition coefficient (Wildman–Crippen LogP) is 2.00. The highest BCUT2D eigenvalue weighted by Crippen LogP contribution is 2.08. The second kappa shape index (κ2) is 7.46. The van der Waals surface area contributed by atoms with E-state index in [2.05, 4.69) is 6.07 Å². The molecule has 0 bridgehead atoms. The van der Waals surface area contributed by atoms with Gasteiger partial charge in [-0.3, -0.25) is 4.79 Å². The lowest BCUT2D eigenvalue weighted by Gasteiger charge is -2.21. The van der Waals surface area contributed by atoms with Crippen LogP contribution in [0.15, 0.2) is 24.3 Å². The maximum absolute atomic E-state index is 12.3. The molecule has 0 heterocycles. The Morgan fingerprint density at radius 3 is 2.83 bits per heavy atom. The van der Waals surface area contributed by atoms with Crippen LogP contribution in [0.2, 0.25) is 0 Å². The van der Waals surface area contributed by atoms with Crippen LogP contribution >= 0.6 is 0 Å². The van der Waals surface area contributed by atoms with E-state index in [0.29, 0.717) is 31.7 Å². The summed E-state index contributed by atoms with van der Waals surface area (Å²) in [5, 5.41) is 8.62. The van der Waals surface area contributed by atoms with Crippen molar-refractivity contribution in [3.8, 4) is 6.07 Å². The summed E-state index contributed by atoms with van der Waals surface area (Å²) in [6.45, 7) is 3.37.